The molecule has 1 fully saturated rings. The normalized spacial score (nSPS) is 23.1. The van der Waals surface area contributed by atoms with Crippen LogP contribution < -0.4 is 11.1 Å². The van der Waals surface area contributed by atoms with Crippen molar-refractivity contribution in [2.45, 2.75) is 37.5 Å². The van der Waals surface area contributed by atoms with Crippen LogP contribution in [0.3, 0.4) is 0 Å². The number of aryl methyl sites for hydroxylation is 1. The van der Waals surface area contributed by atoms with Crippen molar-refractivity contribution < 1.29 is 0 Å². The molecule has 5 heteroatoms. The summed E-state index contributed by atoms with van der Waals surface area (Å²) in [5, 5.41) is 5.49. The minimum Gasteiger partial charge on any atom is -0.397 e. The molecule has 1 aliphatic carbocycles. The van der Waals surface area contributed by atoms with Crippen LogP contribution in [0.5, 0.6) is 0 Å². The van der Waals surface area contributed by atoms with Crippen LogP contribution in [-0.4, -0.2) is 22.5 Å². The van der Waals surface area contributed by atoms with Gasteiger partial charge >= 0.3 is 0 Å². The predicted molar refractivity (Wildman–Crippen MR) is 87.3 cm³/mol. The summed E-state index contributed by atoms with van der Waals surface area (Å²) in [6, 6.07) is 4.70. The van der Waals surface area contributed by atoms with E-state index >= 15 is 0 Å². The van der Waals surface area contributed by atoms with Gasteiger partial charge in [-0.3, -0.25) is 0 Å². The molecule has 2 aromatic rings. The quantitative estimate of drug-likeness (QED) is 0.843. The summed E-state index contributed by atoms with van der Waals surface area (Å²) in [5.41, 5.74) is 9.09. The summed E-state index contributed by atoms with van der Waals surface area (Å²) >= 11 is 3.67. The predicted octanol–water partition coefficient (Wildman–Crippen LogP) is 3.88. The highest BCUT2D eigenvalue weighted by molar-refractivity contribution is 7.99. The van der Waals surface area contributed by atoms with E-state index in [4.69, 9.17) is 5.73 Å². The maximum atomic E-state index is 6.15. The van der Waals surface area contributed by atoms with E-state index in [1.807, 2.05) is 24.8 Å². The third kappa shape index (κ3) is 2.67. The van der Waals surface area contributed by atoms with E-state index in [9.17, 15) is 0 Å². The van der Waals surface area contributed by atoms with Gasteiger partial charge in [-0.2, -0.15) is 11.8 Å². The van der Waals surface area contributed by atoms with Crippen molar-refractivity contribution in [1.29, 1.82) is 0 Å². The van der Waals surface area contributed by atoms with Gasteiger partial charge < -0.3 is 11.1 Å². The number of benzene rings is 1. The fraction of sp³-hybridized carbons (Fsp3) is 0.500. The lowest BCUT2D eigenvalue weighted by atomic mass is 10.2. The summed E-state index contributed by atoms with van der Waals surface area (Å²) < 4.78 is 1.17. The van der Waals surface area contributed by atoms with Crippen molar-refractivity contribution in [3.63, 3.8) is 0 Å². The minimum atomic E-state index is 0.553. The Hall–Kier alpha value is -0.940. The Morgan fingerprint density at radius 3 is 3.00 bits per heavy atom. The molecule has 0 aliphatic heterocycles. The number of nitrogens with zero attached hydrogens (tertiary/aromatic N) is 1. The lowest BCUT2D eigenvalue weighted by Crippen LogP contribution is -2.16. The standard InChI is InChI=1S/C14H19N3S2/c1-8-16-13-7-12(11(15)6-14(13)19-8)17-9-3-4-10(5-9)18-2/h6-7,9-10,17H,3-5,15H2,1-2H3. The largest absolute Gasteiger partial charge is 0.397 e. The van der Waals surface area contributed by atoms with E-state index in [0.717, 1.165) is 27.1 Å². The molecule has 1 aliphatic rings. The zero-order chi connectivity index (χ0) is 13.4. The van der Waals surface area contributed by atoms with Crippen LogP contribution >= 0.6 is 23.1 Å². The van der Waals surface area contributed by atoms with Crippen LogP contribution in [-0.2, 0) is 0 Å². The first-order valence-electron chi connectivity index (χ1n) is 6.61. The van der Waals surface area contributed by atoms with Gasteiger partial charge in [-0.25, -0.2) is 4.98 Å². The topological polar surface area (TPSA) is 50.9 Å². The molecule has 0 amide bonds. The Kier molecular flexibility index (Phi) is 3.58. The summed E-state index contributed by atoms with van der Waals surface area (Å²) in [5.74, 6) is 0. The van der Waals surface area contributed by atoms with Crippen molar-refractivity contribution in [2.24, 2.45) is 0 Å². The molecule has 1 aromatic heterocycles. The van der Waals surface area contributed by atoms with Gasteiger partial charge in [0.25, 0.3) is 0 Å². The molecular weight excluding hydrogens is 274 g/mol. The molecule has 1 heterocycles. The molecule has 0 radical (unpaired) electrons. The molecule has 0 bridgehead atoms. The first kappa shape index (κ1) is 13.1. The number of nitrogen functional groups attached to an aromatic ring is 1. The molecular formula is C14H19N3S2. The number of aromatic nitrogens is 1. The van der Waals surface area contributed by atoms with Gasteiger partial charge in [0.15, 0.2) is 0 Å². The average Bonchev–Trinajstić information content (AvgIpc) is 2.95. The van der Waals surface area contributed by atoms with E-state index < -0.39 is 0 Å². The van der Waals surface area contributed by atoms with Crippen LogP contribution in [0, 0.1) is 6.92 Å². The Labute approximate surface area is 122 Å². The van der Waals surface area contributed by atoms with Crippen LogP contribution in [0.4, 0.5) is 11.4 Å². The van der Waals surface area contributed by atoms with Gasteiger partial charge in [-0.05, 0) is 44.6 Å². The van der Waals surface area contributed by atoms with Crippen molar-refractivity contribution in [1.82, 2.24) is 4.98 Å². The van der Waals surface area contributed by atoms with Gasteiger partial charge in [0.1, 0.15) is 0 Å². The summed E-state index contributed by atoms with van der Waals surface area (Å²) in [4.78, 5) is 4.54. The minimum absolute atomic E-state index is 0.553. The number of rotatable bonds is 3. The second-order valence-corrected chi connectivity index (χ2v) is 7.52. The zero-order valence-electron chi connectivity index (χ0n) is 11.3. The molecule has 1 aromatic carbocycles. The summed E-state index contributed by atoms with van der Waals surface area (Å²) in [6.07, 6.45) is 5.97. The summed E-state index contributed by atoms with van der Waals surface area (Å²) in [6.45, 7) is 2.04. The number of hydrogen-bond donors (Lipinski definition) is 2. The van der Waals surface area contributed by atoms with Gasteiger partial charge in [-0.1, -0.05) is 0 Å². The molecule has 3 rings (SSSR count). The number of anilines is 2. The number of thiazole rings is 1. The van der Waals surface area contributed by atoms with Gasteiger partial charge in [0, 0.05) is 11.3 Å². The molecule has 19 heavy (non-hydrogen) atoms. The third-order valence-corrected chi connectivity index (χ3v) is 5.77. The van der Waals surface area contributed by atoms with Crippen molar-refractivity contribution >= 4 is 44.7 Å². The smallest absolute Gasteiger partial charge is 0.0907 e. The molecule has 0 spiro atoms. The van der Waals surface area contributed by atoms with Crippen molar-refractivity contribution in [3.05, 3.63) is 17.1 Å². The van der Waals surface area contributed by atoms with Crippen LogP contribution in [0.1, 0.15) is 24.3 Å². The van der Waals surface area contributed by atoms with Gasteiger partial charge in [-0.15, -0.1) is 11.3 Å². The Balaban J connectivity index is 1.82. The lowest BCUT2D eigenvalue weighted by Gasteiger charge is -2.16. The fourth-order valence-electron chi connectivity index (χ4n) is 2.74. The first-order chi connectivity index (χ1) is 9.15. The van der Waals surface area contributed by atoms with E-state index in [1.165, 1.54) is 24.0 Å². The number of hydrogen-bond acceptors (Lipinski definition) is 5. The first-order valence-corrected chi connectivity index (χ1v) is 8.72. The Morgan fingerprint density at radius 2 is 2.26 bits per heavy atom. The third-order valence-electron chi connectivity index (χ3n) is 3.74. The number of nitrogens with one attached hydrogen (secondary N) is 1. The van der Waals surface area contributed by atoms with Crippen LogP contribution in [0.15, 0.2) is 12.1 Å². The number of fused-ring (bicyclic) bond motifs is 1. The Morgan fingerprint density at radius 1 is 1.42 bits per heavy atom. The molecule has 3 N–H and O–H groups in total. The molecule has 0 saturated heterocycles. The van der Waals surface area contributed by atoms with Gasteiger partial charge in [0.2, 0.25) is 0 Å². The Bertz CT molecular complexity index is 594. The van der Waals surface area contributed by atoms with Crippen molar-refractivity contribution in [3.8, 4) is 0 Å². The van der Waals surface area contributed by atoms with E-state index in [1.54, 1.807) is 11.3 Å². The van der Waals surface area contributed by atoms with E-state index in [2.05, 4.69) is 22.6 Å². The molecule has 1 saturated carbocycles. The molecule has 102 valence electrons. The lowest BCUT2D eigenvalue weighted by molar-refractivity contribution is 0.758. The number of nitrogens with two attached hydrogens (primary N) is 1. The second-order valence-electron chi connectivity index (χ2n) is 5.15. The fourth-order valence-corrected chi connectivity index (χ4v) is 4.39. The highest BCUT2D eigenvalue weighted by atomic mass is 32.2. The van der Waals surface area contributed by atoms with Crippen LogP contribution in [0.25, 0.3) is 10.2 Å². The summed E-state index contributed by atoms with van der Waals surface area (Å²) in [7, 11) is 0. The average molecular weight is 293 g/mol. The SMILES string of the molecule is CSC1CCC(Nc2cc3nc(C)sc3cc2N)C1. The van der Waals surface area contributed by atoms with E-state index in [0.29, 0.717) is 6.04 Å². The zero-order valence-corrected chi connectivity index (χ0v) is 12.9. The van der Waals surface area contributed by atoms with Crippen molar-refractivity contribution in [2.75, 3.05) is 17.3 Å². The maximum Gasteiger partial charge on any atom is 0.0907 e. The monoisotopic (exact) mass is 293 g/mol. The highest BCUT2D eigenvalue weighted by Gasteiger charge is 2.24. The maximum absolute atomic E-state index is 6.15. The van der Waals surface area contributed by atoms with E-state index in [-0.39, 0.29) is 0 Å². The second kappa shape index (κ2) is 5.21. The van der Waals surface area contributed by atoms with Gasteiger partial charge in [0.05, 0.1) is 26.6 Å². The number of thioether (sulfide) groups is 1. The highest BCUT2D eigenvalue weighted by Crippen LogP contribution is 2.34. The molecule has 2 atom stereocenters. The molecule has 2 unspecified atom stereocenters. The van der Waals surface area contributed by atoms with Crippen LogP contribution in [0.2, 0.25) is 0 Å². The molecule has 3 nitrogen and oxygen atoms in total.